The number of ketones is 1. The van der Waals surface area contributed by atoms with Crippen molar-refractivity contribution in [2.45, 2.75) is 18.6 Å². The second-order valence-corrected chi connectivity index (χ2v) is 4.66. The highest BCUT2D eigenvalue weighted by atomic mass is 35.5. The van der Waals surface area contributed by atoms with Crippen LogP contribution < -0.4 is 4.90 Å². The van der Waals surface area contributed by atoms with Gasteiger partial charge in [0.25, 0.3) is 0 Å². The molecule has 0 aliphatic carbocycles. The van der Waals surface area contributed by atoms with E-state index in [1.54, 1.807) is 0 Å². The Morgan fingerprint density at radius 2 is 2.15 bits per heavy atom. The van der Waals surface area contributed by atoms with Gasteiger partial charge in [0.05, 0.1) is 17.1 Å². The van der Waals surface area contributed by atoms with Gasteiger partial charge in [-0.05, 0) is 6.07 Å². The zero-order valence-electron chi connectivity index (χ0n) is 9.82. The predicted octanol–water partition coefficient (Wildman–Crippen LogP) is 1.99. The molecule has 9 heteroatoms. The molecule has 1 saturated heterocycles. The van der Waals surface area contributed by atoms with Crippen LogP contribution in [0.3, 0.4) is 0 Å². The van der Waals surface area contributed by atoms with Gasteiger partial charge in [0.15, 0.2) is 5.78 Å². The molecule has 1 aromatic heterocycles. The Morgan fingerprint density at radius 3 is 2.65 bits per heavy atom. The third-order valence-corrected chi connectivity index (χ3v) is 3.13. The Kier molecular flexibility index (Phi) is 3.59. The summed E-state index contributed by atoms with van der Waals surface area (Å²) in [6.45, 7) is -0.241. The molecule has 0 bridgehead atoms. The van der Waals surface area contributed by atoms with Crippen molar-refractivity contribution >= 4 is 29.2 Å². The number of anilines is 1. The minimum atomic E-state index is -4.60. The number of hydrogen-bond donors (Lipinski definition) is 1. The first-order chi connectivity index (χ1) is 9.20. The van der Waals surface area contributed by atoms with Gasteiger partial charge in [-0.3, -0.25) is 4.79 Å². The minimum absolute atomic E-state index is 0.141. The molecule has 1 atom stereocenters. The van der Waals surface area contributed by atoms with Crippen LogP contribution in [0.5, 0.6) is 0 Å². The van der Waals surface area contributed by atoms with E-state index in [9.17, 15) is 22.8 Å². The van der Waals surface area contributed by atoms with E-state index in [1.165, 1.54) is 0 Å². The van der Waals surface area contributed by atoms with Crippen LogP contribution in [0.2, 0.25) is 5.02 Å². The molecule has 2 heterocycles. The number of aliphatic carboxylic acids is 1. The Balaban J connectivity index is 2.38. The number of aromatic nitrogens is 1. The molecule has 0 radical (unpaired) electrons. The molecule has 1 aliphatic rings. The molecule has 2 rings (SSSR count). The van der Waals surface area contributed by atoms with Gasteiger partial charge in [-0.2, -0.15) is 13.2 Å². The summed E-state index contributed by atoms with van der Waals surface area (Å²) in [4.78, 5) is 27.0. The summed E-state index contributed by atoms with van der Waals surface area (Å²) in [6.07, 6.45) is -4.26. The maximum Gasteiger partial charge on any atom is 0.417 e. The lowest BCUT2D eigenvalue weighted by atomic mass is 10.2. The smallest absolute Gasteiger partial charge is 0.417 e. The Labute approximate surface area is 116 Å². The van der Waals surface area contributed by atoms with Crippen LogP contribution in [-0.4, -0.2) is 34.4 Å². The van der Waals surface area contributed by atoms with E-state index < -0.39 is 23.8 Å². The minimum Gasteiger partial charge on any atom is -0.480 e. The molecule has 108 valence electrons. The summed E-state index contributed by atoms with van der Waals surface area (Å²) < 4.78 is 37.4. The third kappa shape index (κ3) is 2.69. The lowest BCUT2D eigenvalue weighted by Gasteiger charge is -2.22. The molecule has 0 aromatic carbocycles. The molecule has 0 saturated carbocycles. The number of carbonyl (C=O) groups excluding carboxylic acids is 1. The first-order valence-corrected chi connectivity index (χ1v) is 5.82. The Hall–Kier alpha value is -1.83. The second kappa shape index (κ2) is 4.93. The molecular formula is C11H8ClF3N2O3. The Morgan fingerprint density at radius 1 is 1.50 bits per heavy atom. The van der Waals surface area contributed by atoms with Gasteiger partial charge in [0.1, 0.15) is 11.9 Å². The van der Waals surface area contributed by atoms with E-state index >= 15 is 0 Å². The summed E-state index contributed by atoms with van der Waals surface area (Å²) >= 11 is 5.72. The predicted molar refractivity (Wildman–Crippen MR) is 62.6 cm³/mol. The molecule has 1 aliphatic heterocycles. The van der Waals surface area contributed by atoms with Crippen molar-refractivity contribution in [2.24, 2.45) is 0 Å². The van der Waals surface area contributed by atoms with Crippen molar-refractivity contribution in [3.63, 3.8) is 0 Å². The molecule has 20 heavy (non-hydrogen) atoms. The zero-order chi connectivity index (χ0) is 15.1. The number of alkyl halides is 3. The molecule has 1 aromatic rings. The molecule has 5 nitrogen and oxygen atoms in total. The van der Waals surface area contributed by atoms with Crippen molar-refractivity contribution < 1.29 is 27.9 Å². The fourth-order valence-electron chi connectivity index (χ4n) is 1.93. The highest BCUT2D eigenvalue weighted by Gasteiger charge is 2.38. The van der Waals surface area contributed by atoms with Gasteiger partial charge in [-0.25, -0.2) is 9.78 Å². The molecule has 1 fully saturated rings. The van der Waals surface area contributed by atoms with E-state index in [0.717, 1.165) is 4.90 Å². The van der Waals surface area contributed by atoms with E-state index in [4.69, 9.17) is 16.7 Å². The number of halogens is 4. The van der Waals surface area contributed by atoms with Crippen molar-refractivity contribution in [1.82, 2.24) is 4.98 Å². The van der Waals surface area contributed by atoms with Gasteiger partial charge in [-0.1, -0.05) is 11.6 Å². The van der Waals surface area contributed by atoms with E-state index in [2.05, 4.69) is 4.98 Å². The van der Waals surface area contributed by atoms with Crippen LogP contribution >= 0.6 is 11.6 Å². The summed E-state index contributed by atoms with van der Waals surface area (Å²) in [5, 5.41) is 8.65. The number of carbonyl (C=O) groups is 2. The van der Waals surface area contributed by atoms with E-state index in [1.807, 2.05) is 0 Å². The van der Waals surface area contributed by atoms with Gasteiger partial charge in [0, 0.05) is 12.6 Å². The number of Topliss-reactive ketones (excluding diaryl/α,β-unsaturated/α-hetero) is 1. The number of pyridine rings is 1. The number of nitrogens with zero attached hydrogens (tertiary/aromatic N) is 2. The largest absolute Gasteiger partial charge is 0.480 e. The van der Waals surface area contributed by atoms with Crippen LogP contribution in [0.1, 0.15) is 12.0 Å². The first kappa shape index (κ1) is 14.6. The lowest BCUT2D eigenvalue weighted by Crippen LogP contribution is -2.36. The summed E-state index contributed by atoms with van der Waals surface area (Å²) in [7, 11) is 0. The van der Waals surface area contributed by atoms with Crippen LogP contribution in [-0.2, 0) is 15.8 Å². The fourth-order valence-corrected chi connectivity index (χ4v) is 2.21. The quantitative estimate of drug-likeness (QED) is 0.904. The first-order valence-electron chi connectivity index (χ1n) is 5.44. The van der Waals surface area contributed by atoms with Crippen molar-refractivity contribution in [1.29, 1.82) is 0 Å². The van der Waals surface area contributed by atoms with Crippen molar-refractivity contribution in [3.8, 4) is 0 Å². The maximum atomic E-state index is 12.5. The number of carboxylic acids is 1. The topological polar surface area (TPSA) is 70.5 Å². The third-order valence-electron chi connectivity index (χ3n) is 2.85. The fraction of sp³-hybridized carbons (Fsp3) is 0.364. The van der Waals surface area contributed by atoms with Crippen molar-refractivity contribution in [3.05, 3.63) is 22.8 Å². The summed E-state index contributed by atoms with van der Waals surface area (Å²) in [6, 6.07) is -0.504. The normalized spacial score (nSPS) is 19.5. The van der Waals surface area contributed by atoms with Crippen molar-refractivity contribution in [2.75, 3.05) is 11.4 Å². The second-order valence-electron chi connectivity index (χ2n) is 4.25. The average Bonchev–Trinajstić information content (AvgIpc) is 2.70. The van der Waals surface area contributed by atoms with Gasteiger partial charge in [0.2, 0.25) is 0 Å². The highest BCUT2D eigenvalue weighted by molar-refractivity contribution is 6.33. The van der Waals surface area contributed by atoms with Gasteiger partial charge in [-0.15, -0.1) is 0 Å². The van der Waals surface area contributed by atoms with Crippen LogP contribution in [0.25, 0.3) is 0 Å². The molecule has 1 N–H and O–H groups in total. The number of hydrogen-bond acceptors (Lipinski definition) is 4. The van der Waals surface area contributed by atoms with E-state index in [0.29, 0.717) is 12.3 Å². The van der Waals surface area contributed by atoms with E-state index in [-0.39, 0.29) is 29.6 Å². The monoisotopic (exact) mass is 308 g/mol. The maximum absolute atomic E-state index is 12.5. The molecule has 0 unspecified atom stereocenters. The standard InChI is InChI=1S/C11H8ClF3N2O3/c12-7-1-5(11(13,14)15)3-16-9(7)17-4-6(18)2-8(17)10(19)20/h1,3,8H,2,4H2,(H,19,20)/t8-/m0/s1. The lowest BCUT2D eigenvalue weighted by molar-refractivity contribution is -0.139. The number of carboxylic acid groups (broad SMARTS) is 1. The molecule has 0 amide bonds. The Bertz CT molecular complexity index is 577. The van der Waals surface area contributed by atoms with Crippen LogP contribution in [0.4, 0.5) is 19.0 Å². The average molecular weight is 309 g/mol. The summed E-state index contributed by atoms with van der Waals surface area (Å²) in [5.41, 5.74) is -1.04. The van der Waals surface area contributed by atoms with Crippen LogP contribution in [0.15, 0.2) is 12.3 Å². The highest BCUT2D eigenvalue weighted by Crippen LogP contribution is 2.35. The molecule has 0 spiro atoms. The molecular weight excluding hydrogens is 301 g/mol. The van der Waals surface area contributed by atoms with Gasteiger partial charge >= 0.3 is 12.1 Å². The zero-order valence-corrected chi connectivity index (χ0v) is 10.6. The van der Waals surface area contributed by atoms with Crippen LogP contribution in [0, 0.1) is 0 Å². The SMILES string of the molecule is O=C1C[C@@H](C(=O)O)N(c2ncc(C(F)(F)F)cc2Cl)C1. The summed E-state index contributed by atoms with van der Waals surface area (Å²) in [5.74, 6) is -1.73. The van der Waals surface area contributed by atoms with Gasteiger partial charge < -0.3 is 10.0 Å². The number of rotatable bonds is 2.